The molecule has 0 aliphatic carbocycles. The maximum atomic E-state index is 4.55. The third-order valence-corrected chi connectivity index (χ3v) is 3.47. The van der Waals surface area contributed by atoms with Gasteiger partial charge in [0.25, 0.3) is 0 Å². The Kier molecular flexibility index (Phi) is 8.86. The van der Waals surface area contributed by atoms with Gasteiger partial charge in [0.2, 0.25) is 0 Å². The van der Waals surface area contributed by atoms with Crippen molar-refractivity contribution in [1.82, 2.24) is 25.4 Å². The van der Waals surface area contributed by atoms with Crippen LogP contribution in [0.4, 0.5) is 0 Å². The highest BCUT2D eigenvalue weighted by Gasteiger charge is 2.01. The zero-order valence-corrected chi connectivity index (χ0v) is 13.5. The average molecular weight is 298 g/mol. The van der Waals surface area contributed by atoms with Crippen LogP contribution in [0.1, 0.15) is 26.1 Å². The lowest BCUT2D eigenvalue weighted by atomic mass is 10.4. The van der Waals surface area contributed by atoms with Crippen LogP contribution in [0.5, 0.6) is 0 Å². The number of thioether (sulfide) groups is 1. The molecule has 20 heavy (non-hydrogen) atoms. The summed E-state index contributed by atoms with van der Waals surface area (Å²) in [5.41, 5.74) is 0. The first-order valence-electron chi connectivity index (χ1n) is 7.19. The molecule has 0 saturated carbocycles. The van der Waals surface area contributed by atoms with Crippen LogP contribution in [-0.2, 0) is 13.0 Å². The normalized spacial score (nSPS) is 11.7. The van der Waals surface area contributed by atoms with Gasteiger partial charge in [-0.1, -0.05) is 6.92 Å². The van der Waals surface area contributed by atoms with Gasteiger partial charge in [0, 0.05) is 32.6 Å². The fourth-order valence-corrected chi connectivity index (χ4v) is 2.19. The average Bonchev–Trinajstić information content (AvgIpc) is 2.91. The fourth-order valence-electron chi connectivity index (χ4n) is 1.78. The van der Waals surface area contributed by atoms with Crippen molar-refractivity contribution in [3.63, 3.8) is 0 Å². The van der Waals surface area contributed by atoms with Crippen molar-refractivity contribution in [3.05, 3.63) is 12.2 Å². The van der Waals surface area contributed by atoms with E-state index in [0.29, 0.717) is 0 Å². The monoisotopic (exact) mass is 298 g/mol. The molecule has 0 amide bonds. The predicted octanol–water partition coefficient (Wildman–Crippen LogP) is 1.15. The Hall–Kier alpha value is -1.24. The Balaban J connectivity index is 2.34. The first kappa shape index (κ1) is 16.8. The number of hydrogen-bond donors (Lipinski definition) is 2. The molecule has 0 aliphatic rings. The van der Waals surface area contributed by atoms with Gasteiger partial charge in [-0.25, -0.2) is 0 Å². The quantitative estimate of drug-likeness (QED) is 0.407. The second-order valence-corrected chi connectivity index (χ2v) is 5.31. The second kappa shape index (κ2) is 10.5. The van der Waals surface area contributed by atoms with Crippen molar-refractivity contribution in [3.8, 4) is 0 Å². The summed E-state index contributed by atoms with van der Waals surface area (Å²) in [5.74, 6) is 3.07. The van der Waals surface area contributed by atoms with E-state index in [1.54, 1.807) is 6.33 Å². The summed E-state index contributed by atoms with van der Waals surface area (Å²) in [7, 11) is 0. The number of nitrogens with one attached hydrogen (secondary N) is 2. The fraction of sp³-hybridized carbons (Fsp3) is 0.769. The van der Waals surface area contributed by atoms with Crippen molar-refractivity contribution < 1.29 is 0 Å². The summed E-state index contributed by atoms with van der Waals surface area (Å²) >= 11 is 1.86. The van der Waals surface area contributed by atoms with Crippen LogP contribution < -0.4 is 10.6 Å². The third kappa shape index (κ3) is 6.27. The molecule has 1 aromatic heterocycles. The number of aromatic nitrogens is 3. The molecule has 1 heterocycles. The van der Waals surface area contributed by atoms with E-state index in [1.165, 1.54) is 0 Å². The largest absolute Gasteiger partial charge is 0.357 e. The van der Waals surface area contributed by atoms with Crippen molar-refractivity contribution >= 4 is 17.7 Å². The molecular weight excluding hydrogens is 272 g/mol. The summed E-state index contributed by atoms with van der Waals surface area (Å²) in [6.45, 7) is 7.58. The summed E-state index contributed by atoms with van der Waals surface area (Å²) in [4.78, 5) is 4.55. The lowest BCUT2D eigenvalue weighted by molar-refractivity contribution is 0.632. The van der Waals surface area contributed by atoms with Gasteiger partial charge in [0.05, 0.1) is 0 Å². The summed E-state index contributed by atoms with van der Waals surface area (Å²) in [5, 5.41) is 14.6. The Bertz CT molecular complexity index is 390. The zero-order chi connectivity index (χ0) is 14.6. The summed E-state index contributed by atoms with van der Waals surface area (Å²) in [6.07, 6.45) is 5.92. The SMILES string of the molecule is CCNC(=NCCCSC)NCCn1cnnc1CC. The number of hydrogen-bond acceptors (Lipinski definition) is 4. The van der Waals surface area contributed by atoms with E-state index >= 15 is 0 Å². The van der Waals surface area contributed by atoms with E-state index in [1.807, 2.05) is 11.8 Å². The molecule has 1 aromatic rings. The minimum Gasteiger partial charge on any atom is -0.357 e. The van der Waals surface area contributed by atoms with Gasteiger partial charge in [-0.3, -0.25) is 4.99 Å². The first-order chi connectivity index (χ1) is 9.81. The zero-order valence-electron chi connectivity index (χ0n) is 12.7. The second-order valence-electron chi connectivity index (χ2n) is 4.33. The molecule has 0 radical (unpaired) electrons. The third-order valence-electron chi connectivity index (χ3n) is 2.78. The highest BCUT2D eigenvalue weighted by atomic mass is 32.2. The molecule has 0 unspecified atom stereocenters. The van der Waals surface area contributed by atoms with E-state index in [0.717, 1.165) is 56.6 Å². The van der Waals surface area contributed by atoms with E-state index in [2.05, 4.69) is 50.5 Å². The van der Waals surface area contributed by atoms with Crippen LogP contribution in [0.3, 0.4) is 0 Å². The number of aliphatic imine (C=N–C) groups is 1. The van der Waals surface area contributed by atoms with Gasteiger partial charge in [0.1, 0.15) is 12.2 Å². The molecule has 0 aromatic carbocycles. The first-order valence-corrected chi connectivity index (χ1v) is 8.59. The van der Waals surface area contributed by atoms with Gasteiger partial charge in [0.15, 0.2) is 5.96 Å². The summed E-state index contributed by atoms with van der Waals surface area (Å²) in [6, 6.07) is 0. The highest BCUT2D eigenvalue weighted by Crippen LogP contribution is 1.96. The van der Waals surface area contributed by atoms with E-state index < -0.39 is 0 Å². The van der Waals surface area contributed by atoms with E-state index in [-0.39, 0.29) is 0 Å². The molecule has 0 saturated heterocycles. The minimum absolute atomic E-state index is 0.819. The topological polar surface area (TPSA) is 67.1 Å². The molecule has 0 bridgehead atoms. The van der Waals surface area contributed by atoms with Crippen LogP contribution >= 0.6 is 11.8 Å². The van der Waals surface area contributed by atoms with Crippen LogP contribution in [-0.4, -0.2) is 52.4 Å². The Labute approximate surface area is 125 Å². The van der Waals surface area contributed by atoms with Crippen molar-refractivity contribution in [2.75, 3.05) is 31.6 Å². The van der Waals surface area contributed by atoms with Crippen LogP contribution in [0, 0.1) is 0 Å². The smallest absolute Gasteiger partial charge is 0.191 e. The molecule has 0 spiro atoms. The van der Waals surface area contributed by atoms with Gasteiger partial charge in [-0.2, -0.15) is 11.8 Å². The molecule has 114 valence electrons. The maximum Gasteiger partial charge on any atom is 0.191 e. The van der Waals surface area contributed by atoms with Crippen LogP contribution in [0.25, 0.3) is 0 Å². The van der Waals surface area contributed by atoms with E-state index in [9.17, 15) is 0 Å². The van der Waals surface area contributed by atoms with Crippen molar-refractivity contribution in [2.24, 2.45) is 4.99 Å². The molecule has 2 N–H and O–H groups in total. The highest BCUT2D eigenvalue weighted by molar-refractivity contribution is 7.98. The lowest BCUT2D eigenvalue weighted by Gasteiger charge is -2.12. The number of aryl methyl sites for hydroxylation is 1. The van der Waals surface area contributed by atoms with Crippen molar-refractivity contribution in [2.45, 2.75) is 33.2 Å². The number of guanidine groups is 1. The Morgan fingerprint density at radius 2 is 2.25 bits per heavy atom. The Morgan fingerprint density at radius 3 is 2.95 bits per heavy atom. The number of rotatable bonds is 9. The molecule has 0 fully saturated rings. The Morgan fingerprint density at radius 1 is 1.40 bits per heavy atom. The molecule has 0 atom stereocenters. The molecule has 7 heteroatoms. The number of nitrogens with zero attached hydrogens (tertiary/aromatic N) is 4. The molecule has 6 nitrogen and oxygen atoms in total. The predicted molar refractivity (Wildman–Crippen MR) is 86.4 cm³/mol. The van der Waals surface area contributed by atoms with Gasteiger partial charge in [-0.15, -0.1) is 10.2 Å². The minimum atomic E-state index is 0.819. The van der Waals surface area contributed by atoms with Gasteiger partial charge in [-0.05, 0) is 25.4 Å². The maximum absolute atomic E-state index is 4.55. The molecule has 1 rings (SSSR count). The molecular formula is C13H26N6S. The summed E-state index contributed by atoms with van der Waals surface area (Å²) < 4.78 is 2.07. The lowest BCUT2D eigenvalue weighted by Crippen LogP contribution is -2.39. The van der Waals surface area contributed by atoms with Gasteiger partial charge < -0.3 is 15.2 Å². The van der Waals surface area contributed by atoms with Crippen molar-refractivity contribution in [1.29, 1.82) is 0 Å². The standard InChI is InChI=1S/C13H26N6S/c1-4-12-18-17-11-19(12)9-8-16-13(14-5-2)15-7-6-10-20-3/h11H,4-10H2,1-3H3,(H2,14,15,16). The van der Waals surface area contributed by atoms with E-state index in [4.69, 9.17) is 0 Å². The van der Waals surface area contributed by atoms with Gasteiger partial charge >= 0.3 is 0 Å². The van der Waals surface area contributed by atoms with Crippen LogP contribution in [0.15, 0.2) is 11.3 Å². The van der Waals surface area contributed by atoms with Crippen LogP contribution in [0.2, 0.25) is 0 Å². The molecule has 0 aliphatic heterocycles.